The maximum Gasteiger partial charge on any atom is 0.256 e. The minimum Gasteiger partial charge on any atom is -0.353 e. The van der Waals surface area contributed by atoms with E-state index in [0.717, 1.165) is 37.7 Å². The van der Waals surface area contributed by atoms with Gasteiger partial charge in [0.2, 0.25) is 0 Å². The number of amides is 1. The largest absolute Gasteiger partial charge is 0.353 e. The average molecular weight is 287 g/mol. The van der Waals surface area contributed by atoms with Crippen LogP contribution in [0.25, 0.3) is 0 Å². The highest BCUT2D eigenvalue weighted by atomic mass is 16.5. The first-order valence-corrected chi connectivity index (χ1v) is 8.15. The van der Waals surface area contributed by atoms with Crippen LogP contribution in [0.4, 0.5) is 0 Å². The predicted octanol–water partition coefficient (Wildman–Crippen LogP) is 3.84. The van der Waals surface area contributed by atoms with Crippen molar-refractivity contribution >= 4 is 5.91 Å². The summed E-state index contributed by atoms with van der Waals surface area (Å²) in [4.78, 5) is 15.1. The van der Waals surface area contributed by atoms with Gasteiger partial charge in [-0.15, -0.1) is 0 Å². The van der Waals surface area contributed by atoms with Gasteiger partial charge in [0.05, 0.1) is 12.6 Å². The molecule has 1 saturated heterocycles. The van der Waals surface area contributed by atoms with Gasteiger partial charge in [0, 0.05) is 5.56 Å². The number of nitrogens with zero attached hydrogens (tertiary/aromatic N) is 1. The molecular formula is C18H25NO2. The van der Waals surface area contributed by atoms with Crippen LogP contribution in [0.5, 0.6) is 0 Å². The third kappa shape index (κ3) is 2.71. The number of ether oxygens (including phenoxy) is 1. The fourth-order valence-corrected chi connectivity index (χ4v) is 3.83. The van der Waals surface area contributed by atoms with E-state index >= 15 is 0 Å². The summed E-state index contributed by atoms with van der Waals surface area (Å²) in [6, 6.07) is 9.86. The molecule has 1 heterocycles. The van der Waals surface area contributed by atoms with Gasteiger partial charge in [-0.05, 0) is 50.2 Å². The third-order valence-corrected chi connectivity index (χ3v) is 4.72. The molecule has 1 aliphatic heterocycles. The Bertz CT molecular complexity index is 491. The van der Waals surface area contributed by atoms with Crippen molar-refractivity contribution in [2.24, 2.45) is 5.92 Å². The molecule has 2 fully saturated rings. The molecule has 0 aromatic heterocycles. The third-order valence-electron chi connectivity index (χ3n) is 4.72. The molecule has 21 heavy (non-hydrogen) atoms. The first-order chi connectivity index (χ1) is 10.1. The Labute approximate surface area is 127 Å². The summed E-state index contributed by atoms with van der Waals surface area (Å²) in [5.41, 5.74) is 0.454. The molecule has 0 N–H and O–H groups in total. The van der Waals surface area contributed by atoms with Gasteiger partial charge in [0.25, 0.3) is 5.91 Å². The maximum atomic E-state index is 13.0. The Morgan fingerprint density at radius 1 is 1.29 bits per heavy atom. The van der Waals surface area contributed by atoms with Crippen molar-refractivity contribution in [2.75, 3.05) is 6.61 Å². The molecule has 1 saturated carbocycles. The smallest absolute Gasteiger partial charge is 0.256 e. The molecule has 1 amide bonds. The Balaban J connectivity index is 1.90. The van der Waals surface area contributed by atoms with Gasteiger partial charge < -0.3 is 9.64 Å². The molecule has 3 rings (SSSR count). The van der Waals surface area contributed by atoms with Gasteiger partial charge in [-0.1, -0.05) is 32.0 Å². The van der Waals surface area contributed by atoms with Crippen LogP contribution in [0.1, 0.15) is 56.3 Å². The highest BCUT2D eigenvalue weighted by Gasteiger charge is 2.51. The Hall–Kier alpha value is -1.35. The van der Waals surface area contributed by atoms with Crippen LogP contribution in [0.3, 0.4) is 0 Å². The quantitative estimate of drug-likeness (QED) is 0.845. The Kier molecular flexibility index (Phi) is 4.03. The molecule has 0 radical (unpaired) electrons. The van der Waals surface area contributed by atoms with E-state index in [1.165, 1.54) is 0 Å². The lowest BCUT2D eigenvalue weighted by molar-refractivity contribution is -0.0645. The van der Waals surface area contributed by atoms with Crippen LogP contribution in [0.2, 0.25) is 0 Å². The highest BCUT2D eigenvalue weighted by molar-refractivity contribution is 5.95. The second-order valence-corrected chi connectivity index (χ2v) is 6.79. The van der Waals surface area contributed by atoms with Crippen LogP contribution in [0.15, 0.2) is 30.3 Å². The van der Waals surface area contributed by atoms with Crippen molar-refractivity contribution in [3.05, 3.63) is 35.9 Å². The van der Waals surface area contributed by atoms with E-state index in [4.69, 9.17) is 4.74 Å². The maximum absolute atomic E-state index is 13.0. The summed E-state index contributed by atoms with van der Waals surface area (Å²) in [7, 11) is 0. The van der Waals surface area contributed by atoms with Crippen molar-refractivity contribution in [2.45, 2.75) is 57.7 Å². The number of hydrogen-bond donors (Lipinski definition) is 0. The zero-order chi connectivity index (χ0) is 14.9. The van der Waals surface area contributed by atoms with Gasteiger partial charge in [-0.3, -0.25) is 4.79 Å². The number of hydrogen-bond acceptors (Lipinski definition) is 2. The lowest BCUT2D eigenvalue weighted by atomic mass is 10.00. The molecule has 3 nitrogen and oxygen atoms in total. The monoisotopic (exact) mass is 287 g/mol. The minimum absolute atomic E-state index is 0.139. The molecule has 1 aliphatic carbocycles. The lowest BCUT2D eigenvalue weighted by Crippen LogP contribution is -2.50. The van der Waals surface area contributed by atoms with Crippen molar-refractivity contribution in [1.29, 1.82) is 0 Å². The van der Waals surface area contributed by atoms with Gasteiger partial charge in [0.15, 0.2) is 0 Å². The SMILES string of the molecule is CC(C)C[C@H]1COC2(CCCC2)N1C(=O)c1ccccc1. The molecule has 3 heteroatoms. The zero-order valence-corrected chi connectivity index (χ0v) is 13.0. The van der Waals surface area contributed by atoms with Crippen molar-refractivity contribution in [3.8, 4) is 0 Å². The molecule has 0 unspecified atom stereocenters. The average Bonchev–Trinajstić information content (AvgIpc) is 3.08. The molecule has 1 aromatic rings. The summed E-state index contributed by atoms with van der Waals surface area (Å²) in [6.45, 7) is 5.12. The second-order valence-electron chi connectivity index (χ2n) is 6.79. The molecule has 1 aromatic carbocycles. The normalized spacial score (nSPS) is 24.1. The molecule has 1 spiro atoms. The molecule has 1 atom stereocenters. The van der Waals surface area contributed by atoms with E-state index in [9.17, 15) is 4.79 Å². The fourth-order valence-electron chi connectivity index (χ4n) is 3.83. The Morgan fingerprint density at radius 2 is 1.95 bits per heavy atom. The Morgan fingerprint density at radius 3 is 2.57 bits per heavy atom. The summed E-state index contributed by atoms with van der Waals surface area (Å²) in [6.07, 6.45) is 5.31. The first-order valence-electron chi connectivity index (χ1n) is 8.15. The molecule has 2 aliphatic rings. The van der Waals surface area contributed by atoms with E-state index in [0.29, 0.717) is 12.5 Å². The highest BCUT2D eigenvalue weighted by Crippen LogP contribution is 2.43. The van der Waals surface area contributed by atoms with Crippen LogP contribution in [0, 0.1) is 5.92 Å². The van der Waals surface area contributed by atoms with Gasteiger partial charge in [-0.2, -0.15) is 0 Å². The van der Waals surface area contributed by atoms with Crippen molar-refractivity contribution < 1.29 is 9.53 Å². The van der Waals surface area contributed by atoms with Crippen LogP contribution in [-0.4, -0.2) is 29.2 Å². The van der Waals surface area contributed by atoms with Gasteiger partial charge in [-0.25, -0.2) is 0 Å². The van der Waals surface area contributed by atoms with E-state index in [1.807, 2.05) is 30.3 Å². The van der Waals surface area contributed by atoms with E-state index in [2.05, 4.69) is 18.7 Å². The summed E-state index contributed by atoms with van der Waals surface area (Å²) >= 11 is 0. The van der Waals surface area contributed by atoms with Crippen molar-refractivity contribution in [1.82, 2.24) is 4.90 Å². The van der Waals surface area contributed by atoms with Gasteiger partial charge in [0.1, 0.15) is 5.72 Å². The topological polar surface area (TPSA) is 29.5 Å². The van der Waals surface area contributed by atoms with Crippen molar-refractivity contribution in [3.63, 3.8) is 0 Å². The number of carbonyl (C=O) groups excluding carboxylic acids is 1. The van der Waals surface area contributed by atoms with Crippen LogP contribution >= 0.6 is 0 Å². The van der Waals surface area contributed by atoms with Gasteiger partial charge >= 0.3 is 0 Å². The number of carbonyl (C=O) groups is 1. The lowest BCUT2D eigenvalue weighted by Gasteiger charge is -2.37. The molecular weight excluding hydrogens is 262 g/mol. The summed E-state index contributed by atoms with van der Waals surface area (Å²) < 4.78 is 6.18. The summed E-state index contributed by atoms with van der Waals surface area (Å²) in [5, 5.41) is 0. The standard InChI is InChI=1S/C18H25NO2/c1-14(2)12-16-13-21-18(10-6-7-11-18)19(16)17(20)15-8-4-3-5-9-15/h3-5,8-9,14,16H,6-7,10-13H2,1-2H3/t16-/m0/s1. The van der Waals surface area contributed by atoms with E-state index < -0.39 is 0 Å². The zero-order valence-electron chi connectivity index (χ0n) is 13.0. The van der Waals surface area contributed by atoms with E-state index in [1.54, 1.807) is 0 Å². The first kappa shape index (κ1) is 14.6. The van der Waals surface area contributed by atoms with Crippen LogP contribution < -0.4 is 0 Å². The molecule has 114 valence electrons. The fraction of sp³-hybridized carbons (Fsp3) is 0.611. The van der Waals surface area contributed by atoms with E-state index in [-0.39, 0.29) is 17.7 Å². The predicted molar refractivity (Wildman–Crippen MR) is 83.0 cm³/mol. The number of rotatable bonds is 3. The second kappa shape index (κ2) is 5.80. The number of benzene rings is 1. The molecule has 0 bridgehead atoms. The van der Waals surface area contributed by atoms with Crippen LogP contribution in [-0.2, 0) is 4.74 Å². The summed E-state index contributed by atoms with van der Waals surface area (Å²) in [5.74, 6) is 0.710. The minimum atomic E-state index is -0.327.